The summed E-state index contributed by atoms with van der Waals surface area (Å²) in [4.78, 5) is 8.57. The van der Waals surface area contributed by atoms with Crippen LogP contribution in [0.5, 0.6) is 0 Å². The number of fused-ring (bicyclic) bond motifs is 6. The molecule has 4 aromatic rings. The number of pyridine rings is 2. The number of nitriles is 6. The standard InChI is InChI=1S/C22H4N8/c23-5-11-1-15-16(2-12(11)6-24)18-4-14(8-26)20(10-28)30-22(18)21-17(15)3-13(7-25)19(9-27)29-21/h1-4H. The molecule has 2 heterocycles. The van der Waals surface area contributed by atoms with Crippen LogP contribution in [-0.4, -0.2) is 9.97 Å². The highest BCUT2D eigenvalue weighted by atomic mass is 14.8. The van der Waals surface area contributed by atoms with Crippen molar-refractivity contribution in [2.75, 3.05) is 0 Å². The van der Waals surface area contributed by atoms with Crippen molar-refractivity contribution in [2.45, 2.75) is 0 Å². The first-order valence-electron chi connectivity index (χ1n) is 8.30. The van der Waals surface area contributed by atoms with Crippen molar-refractivity contribution in [1.29, 1.82) is 31.6 Å². The van der Waals surface area contributed by atoms with E-state index in [1.807, 2.05) is 36.4 Å². The van der Waals surface area contributed by atoms with Gasteiger partial charge in [-0.15, -0.1) is 0 Å². The van der Waals surface area contributed by atoms with Crippen LogP contribution in [0, 0.1) is 68.0 Å². The summed E-state index contributed by atoms with van der Waals surface area (Å²) in [5.41, 5.74) is 0.649. The molecule has 0 aliphatic heterocycles. The number of rotatable bonds is 0. The minimum Gasteiger partial charge on any atom is -0.233 e. The molecule has 0 N–H and O–H groups in total. The minimum absolute atomic E-state index is 0.0441. The van der Waals surface area contributed by atoms with Gasteiger partial charge in [0, 0.05) is 10.8 Å². The van der Waals surface area contributed by atoms with E-state index in [1.54, 1.807) is 0 Å². The van der Waals surface area contributed by atoms with Gasteiger partial charge in [-0.2, -0.15) is 31.6 Å². The lowest BCUT2D eigenvalue weighted by Crippen LogP contribution is -1.98. The lowest BCUT2D eigenvalue weighted by atomic mass is 9.93. The largest absolute Gasteiger partial charge is 0.233 e. The Kier molecular flexibility index (Phi) is 3.91. The van der Waals surface area contributed by atoms with Crippen molar-refractivity contribution < 1.29 is 0 Å². The Labute approximate surface area is 168 Å². The molecule has 0 saturated carbocycles. The SMILES string of the molecule is N#Cc1cc2c(cc1C#N)c1cc(C#N)c(C#N)nc1c1nc(C#N)c(C#N)cc21. The smallest absolute Gasteiger partial charge is 0.159 e. The average molecular weight is 380 g/mol. The average Bonchev–Trinajstić information content (AvgIpc) is 2.81. The molecule has 0 fully saturated rings. The van der Waals surface area contributed by atoms with Crippen LogP contribution in [-0.2, 0) is 0 Å². The van der Waals surface area contributed by atoms with Crippen LogP contribution in [0.15, 0.2) is 24.3 Å². The monoisotopic (exact) mass is 380 g/mol. The zero-order valence-corrected chi connectivity index (χ0v) is 14.9. The molecule has 2 aromatic carbocycles. The molecule has 132 valence electrons. The van der Waals surface area contributed by atoms with Crippen molar-refractivity contribution in [3.63, 3.8) is 0 Å². The fourth-order valence-corrected chi connectivity index (χ4v) is 3.37. The topological polar surface area (TPSA) is 169 Å². The predicted molar refractivity (Wildman–Crippen MR) is 103 cm³/mol. The molecule has 0 bridgehead atoms. The van der Waals surface area contributed by atoms with Gasteiger partial charge < -0.3 is 0 Å². The second-order valence-electron chi connectivity index (χ2n) is 6.18. The summed E-state index contributed by atoms with van der Waals surface area (Å²) >= 11 is 0. The van der Waals surface area contributed by atoms with Gasteiger partial charge in [-0.1, -0.05) is 0 Å². The van der Waals surface area contributed by atoms with Gasteiger partial charge in [-0.25, -0.2) is 9.97 Å². The molecule has 30 heavy (non-hydrogen) atoms. The highest BCUT2D eigenvalue weighted by molar-refractivity contribution is 6.24. The summed E-state index contributed by atoms with van der Waals surface area (Å²) in [5.74, 6) is 0. The van der Waals surface area contributed by atoms with E-state index >= 15 is 0 Å². The Hall–Kier alpha value is -5.54. The van der Waals surface area contributed by atoms with E-state index < -0.39 is 0 Å². The third-order valence-corrected chi connectivity index (χ3v) is 4.70. The summed E-state index contributed by atoms with van der Waals surface area (Å²) in [5, 5.41) is 58.3. The second kappa shape index (κ2) is 6.56. The van der Waals surface area contributed by atoms with Gasteiger partial charge in [0.05, 0.1) is 33.3 Å². The Morgan fingerprint density at radius 1 is 0.433 bits per heavy atom. The minimum atomic E-state index is -0.107. The molecule has 0 saturated heterocycles. The highest BCUT2D eigenvalue weighted by Crippen LogP contribution is 2.36. The third kappa shape index (κ3) is 2.34. The molecule has 0 radical (unpaired) electrons. The summed E-state index contributed by atoms with van der Waals surface area (Å²) in [6.07, 6.45) is 0. The molecule has 0 atom stereocenters. The number of hydrogen-bond acceptors (Lipinski definition) is 8. The van der Waals surface area contributed by atoms with Gasteiger partial charge >= 0.3 is 0 Å². The highest BCUT2D eigenvalue weighted by Gasteiger charge is 2.19. The molecule has 8 heteroatoms. The van der Waals surface area contributed by atoms with Crippen molar-refractivity contribution >= 4 is 32.6 Å². The summed E-state index contributed by atoms with van der Waals surface area (Å²) < 4.78 is 0. The van der Waals surface area contributed by atoms with Crippen molar-refractivity contribution in [2.24, 2.45) is 0 Å². The van der Waals surface area contributed by atoms with Crippen molar-refractivity contribution in [3.05, 3.63) is 57.9 Å². The van der Waals surface area contributed by atoms with Gasteiger partial charge in [0.2, 0.25) is 0 Å². The number of aromatic nitrogens is 2. The molecule has 2 aromatic heterocycles. The molecule has 4 rings (SSSR count). The van der Waals surface area contributed by atoms with Crippen molar-refractivity contribution in [3.8, 4) is 36.4 Å². The Morgan fingerprint density at radius 3 is 1.07 bits per heavy atom. The van der Waals surface area contributed by atoms with E-state index in [-0.39, 0.29) is 44.7 Å². The van der Waals surface area contributed by atoms with Gasteiger partial charge in [0.1, 0.15) is 36.4 Å². The maximum absolute atomic E-state index is 9.42. The molecular weight excluding hydrogens is 376 g/mol. The van der Waals surface area contributed by atoms with Gasteiger partial charge in [0.25, 0.3) is 0 Å². The van der Waals surface area contributed by atoms with Crippen LogP contribution in [0.1, 0.15) is 33.6 Å². The predicted octanol–water partition coefficient (Wildman–Crippen LogP) is 3.17. The quantitative estimate of drug-likeness (QED) is 0.419. The summed E-state index contributed by atoms with van der Waals surface area (Å²) in [7, 11) is 0. The zero-order valence-electron chi connectivity index (χ0n) is 14.9. The van der Waals surface area contributed by atoms with Crippen LogP contribution in [0.2, 0.25) is 0 Å². The zero-order chi connectivity index (χ0) is 21.4. The van der Waals surface area contributed by atoms with Crippen LogP contribution in [0.4, 0.5) is 0 Å². The van der Waals surface area contributed by atoms with E-state index in [1.165, 1.54) is 24.3 Å². The van der Waals surface area contributed by atoms with E-state index in [0.717, 1.165) is 0 Å². The van der Waals surface area contributed by atoms with E-state index in [2.05, 4.69) is 9.97 Å². The first-order valence-corrected chi connectivity index (χ1v) is 8.30. The fourth-order valence-electron chi connectivity index (χ4n) is 3.37. The lowest BCUT2D eigenvalue weighted by molar-refractivity contribution is 1.27. The molecule has 0 amide bonds. The maximum Gasteiger partial charge on any atom is 0.159 e. The first kappa shape index (κ1) is 17.9. The normalized spacial score (nSPS) is 9.80. The Morgan fingerprint density at radius 2 is 0.767 bits per heavy atom. The maximum atomic E-state index is 9.42. The van der Waals surface area contributed by atoms with E-state index in [4.69, 9.17) is 0 Å². The van der Waals surface area contributed by atoms with Crippen LogP contribution in [0.25, 0.3) is 32.6 Å². The van der Waals surface area contributed by atoms with Crippen LogP contribution < -0.4 is 0 Å². The molecular formula is C22H4N8. The first-order chi connectivity index (χ1) is 14.6. The number of nitrogens with zero attached hydrogens (tertiary/aromatic N) is 8. The molecule has 8 nitrogen and oxygen atoms in total. The fraction of sp³-hybridized carbons (Fsp3) is 0. The van der Waals surface area contributed by atoms with Crippen LogP contribution >= 0.6 is 0 Å². The van der Waals surface area contributed by atoms with Gasteiger partial charge in [-0.05, 0) is 35.0 Å². The van der Waals surface area contributed by atoms with E-state index in [0.29, 0.717) is 21.5 Å². The van der Waals surface area contributed by atoms with E-state index in [9.17, 15) is 31.6 Å². The lowest BCUT2D eigenvalue weighted by Gasteiger charge is -2.12. The van der Waals surface area contributed by atoms with Crippen LogP contribution in [0.3, 0.4) is 0 Å². The summed E-state index contributed by atoms with van der Waals surface area (Å²) in [6, 6.07) is 17.5. The Balaban J connectivity index is 2.42. The molecule has 0 unspecified atom stereocenters. The molecule has 0 spiro atoms. The summed E-state index contributed by atoms with van der Waals surface area (Å²) in [6.45, 7) is 0. The third-order valence-electron chi connectivity index (χ3n) is 4.70. The Bertz CT molecular complexity index is 1340. The van der Waals surface area contributed by atoms with Gasteiger partial charge in [0.15, 0.2) is 11.4 Å². The molecule has 0 aliphatic rings. The number of benzene rings is 2. The molecule has 0 aliphatic carbocycles. The van der Waals surface area contributed by atoms with Gasteiger partial charge in [-0.3, -0.25) is 0 Å². The van der Waals surface area contributed by atoms with Crippen molar-refractivity contribution in [1.82, 2.24) is 9.97 Å². The number of hydrogen-bond donors (Lipinski definition) is 0. The second-order valence-corrected chi connectivity index (χ2v) is 6.18.